The molecule has 5 nitrogen and oxygen atoms in total. The molecular weight excluding hydrogens is 184 g/mol. The molecule has 1 rings (SSSR count). The van der Waals surface area contributed by atoms with Gasteiger partial charge in [-0.25, -0.2) is 0 Å². The van der Waals surface area contributed by atoms with E-state index in [4.69, 9.17) is 10.8 Å². The van der Waals surface area contributed by atoms with Crippen LogP contribution in [0.3, 0.4) is 0 Å². The standard InChI is InChI=1S/C9H16N2O3/c1-6(10)9(14)11(5-8(12)13)4-7-2-3-7/h6-7H,2-5,10H2,1H3,(H,12,13)/t6-/m1/s1. The van der Waals surface area contributed by atoms with Gasteiger partial charge in [0.05, 0.1) is 6.04 Å². The fraction of sp³-hybridized carbons (Fsp3) is 0.778. The first-order chi connectivity index (χ1) is 6.50. The number of aliphatic carboxylic acids is 1. The highest BCUT2D eigenvalue weighted by Crippen LogP contribution is 2.29. The Hall–Kier alpha value is -1.10. The van der Waals surface area contributed by atoms with Gasteiger partial charge >= 0.3 is 5.97 Å². The van der Waals surface area contributed by atoms with Crippen molar-refractivity contribution in [3.8, 4) is 0 Å². The van der Waals surface area contributed by atoms with Crippen LogP contribution in [0, 0.1) is 5.92 Å². The Bertz CT molecular complexity index is 236. The van der Waals surface area contributed by atoms with Gasteiger partial charge in [0.15, 0.2) is 0 Å². The monoisotopic (exact) mass is 200 g/mol. The summed E-state index contributed by atoms with van der Waals surface area (Å²) in [6, 6.07) is -0.618. The van der Waals surface area contributed by atoms with Gasteiger partial charge in [-0.15, -0.1) is 0 Å². The Morgan fingerprint density at radius 2 is 2.14 bits per heavy atom. The summed E-state index contributed by atoms with van der Waals surface area (Å²) in [6.07, 6.45) is 2.17. The quantitative estimate of drug-likeness (QED) is 0.635. The first-order valence-corrected chi connectivity index (χ1v) is 4.77. The van der Waals surface area contributed by atoms with Crippen LogP contribution in [0.1, 0.15) is 19.8 Å². The smallest absolute Gasteiger partial charge is 0.323 e. The normalized spacial score (nSPS) is 17.6. The van der Waals surface area contributed by atoms with E-state index >= 15 is 0 Å². The summed E-state index contributed by atoms with van der Waals surface area (Å²) < 4.78 is 0. The van der Waals surface area contributed by atoms with E-state index in [2.05, 4.69) is 0 Å². The first-order valence-electron chi connectivity index (χ1n) is 4.77. The van der Waals surface area contributed by atoms with E-state index in [0.717, 1.165) is 12.8 Å². The largest absolute Gasteiger partial charge is 0.480 e. The van der Waals surface area contributed by atoms with Gasteiger partial charge in [0.2, 0.25) is 5.91 Å². The number of carboxylic acid groups (broad SMARTS) is 1. The number of rotatable bonds is 5. The lowest BCUT2D eigenvalue weighted by atomic mass is 10.2. The lowest BCUT2D eigenvalue weighted by Gasteiger charge is -2.22. The Morgan fingerprint density at radius 3 is 2.50 bits per heavy atom. The molecule has 0 aromatic carbocycles. The number of nitrogens with zero attached hydrogens (tertiary/aromatic N) is 1. The van der Waals surface area contributed by atoms with Crippen molar-refractivity contribution in [2.45, 2.75) is 25.8 Å². The SMILES string of the molecule is C[C@@H](N)C(=O)N(CC(=O)O)CC1CC1. The van der Waals surface area contributed by atoms with Crippen molar-refractivity contribution in [1.29, 1.82) is 0 Å². The highest BCUT2D eigenvalue weighted by atomic mass is 16.4. The Kier molecular flexibility index (Phi) is 3.46. The molecule has 0 aromatic heterocycles. The molecule has 0 heterocycles. The number of hydrogen-bond donors (Lipinski definition) is 2. The molecule has 0 saturated heterocycles. The Balaban J connectivity index is 2.49. The zero-order valence-corrected chi connectivity index (χ0v) is 8.27. The average Bonchev–Trinajstić information content (AvgIpc) is 2.84. The summed E-state index contributed by atoms with van der Waals surface area (Å²) in [6.45, 7) is 1.87. The van der Waals surface area contributed by atoms with Crippen LogP contribution >= 0.6 is 0 Å². The number of carboxylic acids is 1. The third kappa shape index (κ3) is 3.33. The van der Waals surface area contributed by atoms with Crippen LogP contribution in [-0.4, -0.2) is 41.0 Å². The molecule has 0 bridgehead atoms. The molecule has 0 radical (unpaired) electrons. The molecule has 80 valence electrons. The van der Waals surface area contributed by atoms with Gasteiger partial charge in [0, 0.05) is 6.54 Å². The summed E-state index contributed by atoms with van der Waals surface area (Å²) in [5, 5.41) is 8.61. The Labute approximate surface area is 82.9 Å². The first kappa shape index (κ1) is 11.0. The molecule has 1 saturated carbocycles. The third-order valence-corrected chi connectivity index (χ3v) is 2.20. The fourth-order valence-electron chi connectivity index (χ4n) is 1.30. The number of hydrogen-bond acceptors (Lipinski definition) is 3. The highest BCUT2D eigenvalue weighted by Gasteiger charge is 2.28. The summed E-state index contributed by atoms with van der Waals surface area (Å²) in [5.74, 6) is -0.781. The molecule has 1 aliphatic rings. The lowest BCUT2D eigenvalue weighted by molar-refractivity contribution is -0.145. The zero-order chi connectivity index (χ0) is 10.7. The molecule has 3 N–H and O–H groups in total. The average molecular weight is 200 g/mol. The van der Waals surface area contributed by atoms with E-state index < -0.39 is 12.0 Å². The predicted octanol–water partition coefficient (Wildman–Crippen LogP) is -0.343. The summed E-state index contributed by atoms with van der Waals surface area (Å²) in [5.41, 5.74) is 5.42. The van der Waals surface area contributed by atoms with Gasteiger partial charge < -0.3 is 15.7 Å². The number of carbonyl (C=O) groups is 2. The van der Waals surface area contributed by atoms with Gasteiger partial charge in [-0.2, -0.15) is 0 Å². The van der Waals surface area contributed by atoms with Crippen molar-refractivity contribution in [1.82, 2.24) is 4.90 Å². The minimum absolute atomic E-state index is 0.239. The molecule has 1 aliphatic carbocycles. The molecule has 0 unspecified atom stereocenters. The highest BCUT2D eigenvalue weighted by molar-refractivity contribution is 5.84. The lowest BCUT2D eigenvalue weighted by Crippen LogP contribution is -2.45. The minimum Gasteiger partial charge on any atom is -0.480 e. The van der Waals surface area contributed by atoms with Crippen molar-refractivity contribution in [2.75, 3.05) is 13.1 Å². The Morgan fingerprint density at radius 1 is 1.57 bits per heavy atom. The van der Waals surface area contributed by atoms with Gasteiger partial charge in [-0.3, -0.25) is 9.59 Å². The molecular formula is C9H16N2O3. The van der Waals surface area contributed by atoms with Crippen molar-refractivity contribution >= 4 is 11.9 Å². The fourth-order valence-corrected chi connectivity index (χ4v) is 1.30. The van der Waals surface area contributed by atoms with E-state index in [9.17, 15) is 9.59 Å². The van der Waals surface area contributed by atoms with E-state index in [0.29, 0.717) is 12.5 Å². The van der Waals surface area contributed by atoms with Gasteiger partial charge in [0.1, 0.15) is 6.54 Å². The molecule has 1 amide bonds. The second kappa shape index (κ2) is 4.41. The van der Waals surface area contributed by atoms with Gasteiger partial charge in [0.25, 0.3) is 0 Å². The van der Waals surface area contributed by atoms with Crippen molar-refractivity contribution in [3.63, 3.8) is 0 Å². The van der Waals surface area contributed by atoms with Crippen LogP contribution in [0.2, 0.25) is 0 Å². The van der Waals surface area contributed by atoms with Gasteiger partial charge in [-0.1, -0.05) is 0 Å². The second-order valence-electron chi connectivity index (χ2n) is 3.84. The van der Waals surface area contributed by atoms with E-state index in [1.807, 2.05) is 0 Å². The molecule has 5 heteroatoms. The molecule has 0 aromatic rings. The molecule has 1 fully saturated rings. The van der Waals surface area contributed by atoms with Crippen LogP contribution in [0.5, 0.6) is 0 Å². The zero-order valence-electron chi connectivity index (χ0n) is 8.27. The maximum Gasteiger partial charge on any atom is 0.323 e. The summed E-state index contributed by atoms with van der Waals surface area (Å²) in [7, 11) is 0. The minimum atomic E-state index is -0.986. The molecule has 14 heavy (non-hydrogen) atoms. The topological polar surface area (TPSA) is 83.6 Å². The molecule has 0 aliphatic heterocycles. The summed E-state index contributed by atoms with van der Waals surface area (Å²) in [4.78, 5) is 23.3. The number of amides is 1. The van der Waals surface area contributed by atoms with Crippen molar-refractivity contribution < 1.29 is 14.7 Å². The number of carbonyl (C=O) groups excluding carboxylic acids is 1. The number of nitrogens with two attached hydrogens (primary N) is 1. The van der Waals surface area contributed by atoms with E-state index in [1.54, 1.807) is 6.92 Å². The van der Waals surface area contributed by atoms with Crippen LogP contribution in [0.15, 0.2) is 0 Å². The maximum atomic E-state index is 11.5. The third-order valence-electron chi connectivity index (χ3n) is 2.20. The van der Waals surface area contributed by atoms with Gasteiger partial charge in [-0.05, 0) is 25.7 Å². The second-order valence-corrected chi connectivity index (χ2v) is 3.84. The molecule has 1 atom stereocenters. The molecule has 0 spiro atoms. The van der Waals surface area contributed by atoms with E-state index in [-0.39, 0.29) is 12.5 Å². The predicted molar refractivity (Wildman–Crippen MR) is 50.6 cm³/mol. The van der Waals surface area contributed by atoms with Crippen LogP contribution < -0.4 is 5.73 Å². The van der Waals surface area contributed by atoms with Crippen molar-refractivity contribution in [3.05, 3.63) is 0 Å². The summed E-state index contributed by atoms with van der Waals surface area (Å²) >= 11 is 0. The van der Waals surface area contributed by atoms with E-state index in [1.165, 1.54) is 4.90 Å². The van der Waals surface area contributed by atoms with Crippen LogP contribution in [0.4, 0.5) is 0 Å². The van der Waals surface area contributed by atoms with Crippen LogP contribution in [0.25, 0.3) is 0 Å². The maximum absolute atomic E-state index is 11.5. The van der Waals surface area contributed by atoms with Crippen molar-refractivity contribution in [2.24, 2.45) is 11.7 Å². The van der Waals surface area contributed by atoms with Crippen LogP contribution in [-0.2, 0) is 9.59 Å².